The largest absolute Gasteiger partial charge is 0.471 e. The number of rotatable bonds is 1. The minimum absolute atomic E-state index is 0.0244. The lowest BCUT2D eigenvalue weighted by Gasteiger charge is -2.33. The van der Waals surface area contributed by atoms with Gasteiger partial charge in [-0.1, -0.05) is 0 Å². The van der Waals surface area contributed by atoms with Crippen molar-refractivity contribution in [1.82, 2.24) is 9.80 Å². The van der Waals surface area contributed by atoms with E-state index in [1.807, 2.05) is 0 Å². The van der Waals surface area contributed by atoms with E-state index in [-0.39, 0.29) is 44.5 Å². The van der Waals surface area contributed by atoms with Gasteiger partial charge in [0.15, 0.2) is 0 Å². The molecule has 2 aliphatic rings. The quantitative estimate of drug-likeness (QED) is 0.707. The van der Waals surface area contributed by atoms with Crippen LogP contribution >= 0.6 is 0 Å². The van der Waals surface area contributed by atoms with Crippen LogP contribution < -0.4 is 0 Å². The van der Waals surface area contributed by atoms with E-state index in [0.29, 0.717) is 13.2 Å². The fraction of sp³-hybridized carbons (Fsp3) is 0.818. The summed E-state index contributed by atoms with van der Waals surface area (Å²) in [6.45, 7) is 1.23. The van der Waals surface area contributed by atoms with E-state index < -0.39 is 12.1 Å². The molecular formula is C11H15F3N2O3. The van der Waals surface area contributed by atoms with Gasteiger partial charge in [-0.25, -0.2) is 0 Å². The predicted molar refractivity (Wildman–Crippen MR) is 57.9 cm³/mol. The summed E-state index contributed by atoms with van der Waals surface area (Å²) in [6, 6.07) is 0. The minimum atomic E-state index is -4.83. The van der Waals surface area contributed by atoms with Crippen molar-refractivity contribution >= 4 is 11.8 Å². The van der Waals surface area contributed by atoms with Crippen LogP contribution in [0.4, 0.5) is 13.2 Å². The van der Waals surface area contributed by atoms with Gasteiger partial charge in [0.25, 0.3) is 0 Å². The van der Waals surface area contributed by atoms with E-state index in [0.717, 1.165) is 4.90 Å². The van der Waals surface area contributed by atoms with E-state index in [4.69, 9.17) is 4.74 Å². The number of piperidine rings is 1. The summed E-state index contributed by atoms with van der Waals surface area (Å²) in [6.07, 6.45) is -4.28. The molecule has 0 bridgehead atoms. The van der Waals surface area contributed by atoms with Crippen molar-refractivity contribution in [1.29, 1.82) is 0 Å². The van der Waals surface area contributed by atoms with Crippen LogP contribution in [0.25, 0.3) is 0 Å². The number of hydrogen-bond acceptors (Lipinski definition) is 3. The Morgan fingerprint density at radius 3 is 2.16 bits per heavy atom. The zero-order valence-electron chi connectivity index (χ0n) is 10.3. The van der Waals surface area contributed by atoms with Gasteiger partial charge in [-0.2, -0.15) is 13.2 Å². The third-order valence-corrected chi connectivity index (χ3v) is 3.44. The van der Waals surface area contributed by atoms with Gasteiger partial charge in [0.2, 0.25) is 5.91 Å². The Balaban J connectivity index is 1.85. The van der Waals surface area contributed by atoms with Crippen molar-refractivity contribution in [3.05, 3.63) is 0 Å². The van der Waals surface area contributed by atoms with Gasteiger partial charge in [0.05, 0.1) is 6.61 Å². The van der Waals surface area contributed by atoms with Crippen LogP contribution in [0.15, 0.2) is 0 Å². The maximum absolute atomic E-state index is 12.3. The number of halogens is 3. The lowest BCUT2D eigenvalue weighted by molar-refractivity contribution is -0.187. The molecule has 19 heavy (non-hydrogen) atoms. The first-order chi connectivity index (χ1) is 8.89. The summed E-state index contributed by atoms with van der Waals surface area (Å²) in [5.41, 5.74) is 0. The molecule has 8 heteroatoms. The number of amides is 2. The average molecular weight is 280 g/mol. The smallest absolute Gasteiger partial charge is 0.359 e. The second-order valence-electron chi connectivity index (χ2n) is 4.70. The van der Waals surface area contributed by atoms with E-state index >= 15 is 0 Å². The highest BCUT2D eigenvalue weighted by atomic mass is 19.4. The van der Waals surface area contributed by atoms with Crippen LogP contribution in [0.2, 0.25) is 0 Å². The highest BCUT2D eigenvalue weighted by molar-refractivity contribution is 5.83. The Hall–Kier alpha value is -1.31. The number of likely N-dealkylation sites (tertiary alicyclic amines) is 1. The molecular weight excluding hydrogens is 265 g/mol. The molecule has 2 rings (SSSR count). The summed E-state index contributed by atoms with van der Waals surface area (Å²) >= 11 is 0. The third kappa shape index (κ3) is 3.17. The highest BCUT2D eigenvalue weighted by Gasteiger charge is 2.44. The van der Waals surface area contributed by atoms with E-state index in [1.54, 1.807) is 4.90 Å². The van der Waals surface area contributed by atoms with Crippen molar-refractivity contribution in [3.63, 3.8) is 0 Å². The Morgan fingerprint density at radius 2 is 1.68 bits per heavy atom. The van der Waals surface area contributed by atoms with Gasteiger partial charge >= 0.3 is 12.1 Å². The second-order valence-corrected chi connectivity index (χ2v) is 4.70. The van der Waals surface area contributed by atoms with E-state index in [9.17, 15) is 22.8 Å². The number of alkyl halides is 3. The first-order valence-corrected chi connectivity index (χ1v) is 6.12. The maximum atomic E-state index is 12.3. The molecule has 0 saturated carbocycles. The maximum Gasteiger partial charge on any atom is 0.471 e. The van der Waals surface area contributed by atoms with Crippen molar-refractivity contribution in [2.45, 2.75) is 19.0 Å². The first-order valence-electron chi connectivity index (χ1n) is 6.12. The molecule has 0 aromatic carbocycles. The zero-order chi connectivity index (χ0) is 14.0. The molecule has 0 unspecified atom stereocenters. The van der Waals surface area contributed by atoms with Crippen molar-refractivity contribution in [2.24, 2.45) is 5.92 Å². The van der Waals surface area contributed by atoms with Gasteiger partial charge in [-0.3, -0.25) is 9.59 Å². The topological polar surface area (TPSA) is 49.9 Å². The van der Waals surface area contributed by atoms with Crippen molar-refractivity contribution in [2.75, 3.05) is 33.0 Å². The summed E-state index contributed by atoms with van der Waals surface area (Å²) in [5, 5.41) is 0. The Bertz CT molecular complexity index is 359. The zero-order valence-corrected chi connectivity index (χ0v) is 10.3. The van der Waals surface area contributed by atoms with Crippen LogP contribution in [0.5, 0.6) is 0 Å². The highest BCUT2D eigenvalue weighted by Crippen LogP contribution is 2.25. The van der Waals surface area contributed by atoms with Crippen LogP contribution in [0, 0.1) is 5.92 Å². The monoisotopic (exact) mass is 280 g/mol. The first kappa shape index (κ1) is 14.1. The Labute approximate surface area is 108 Å². The third-order valence-electron chi connectivity index (χ3n) is 3.44. The number of carbonyl (C=O) groups excluding carboxylic acids is 2. The van der Waals surface area contributed by atoms with Crippen LogP contribution in [0.1, 0.15) is 12.8 Å². The fourth-order valence-electron chi connectivity index (χ4n) is 2.35. The number of ether oxygens (including phenoxy) is 1. The summed E-state index contributed by atoms with van der Waals surface area (Å²) < 4.78 is 41.8. The second kappa shape index (κ2) is 5.36. The molecule has 2 aliphatic heterocycles. The lowest BCUT2D eigenvalue weighted by Crippen LogP contribution is -2.47. The van der Waals surface area contributed by atoms with Crippen molar-refractivity contribution < 1.29 is 27.5 Å². The molecule has 0 atom stereocenters. The molecule has 0 N–H and O–H groups in total. The Morgan fingerprint density at radius 1 is 1.05 bits per heavy atom. The standard InChI is InChI=1S/C11H15F3N2O3/c12-11(13,14)10(18)15-3-1-8(2-4-15)9(17)16-5-6-19-7-16/h8H,1-7H2. The molecule has 2 heterocycles. The molecule has 0 spiro atoms. The molecule has 2 fully saturated rings. The summed E-state index contributed by atoms with van der Waals surface area (Å²) in [4.78, 5) is 25.4. The van der Waals surface area contributed by atoms with E-state index in [2.05, 4.69) is 0 Å². The predicted octanol–water partition coefficient (Wildman–Crippen LogP) is 0.604. The molecule has 0 aromatic heterocycles. The van der Waals surface area contributed by atoms with Gasteiger partial charge in [-0.05, 0) is 12.8 Å². The van der Waals surface area contributed by atoms with Gasteiger partial charge in [-0.15, -0.1) is 0 Å². The minimum Gasteiger partial charge on any atom is -0.359 e. The number of carbonyl (C=O) groups is 2. The normalized spacial score (nSPS) is 21.8. The van der Waals surface area contributed by atoms with Crippen LogP contribution in [-0.4, -0.2) is 60.8 Å². The van der Waals surface area contributed by atoms with Gasteiger partial charge < -0.3 is 14.5 Å². The molecule has 5 nitrogen and oxygen atoms in total. The SMILES string of the molecule is O=C(C1CCN(C(=O)C(F)(F)F)CC1)N1CCOC1. The summed E-state index contributed by atoms with van der Waals surface area (Å²) in [5.74, 6) is -2.21. The fourth-order valence-corrected chi connectivity index (χ4v) is 2.35. The molecule has 108 valence electrons. The number of nitrogens with zero attached hydrogens (tertiary/aromatic N) is 2. The molecule has 0 radical (unpaired) electrons. The molecule has 2 amide bonds. The Kier molecular flexibility index (Phi) is 3.98. The molecule has 0 aromatic rings. The lowest BCUT2D eigenvalue weighted by atomic mass is 9.95. The van der Waals surface area contributed by atoms with Crippen molar-refractivity contribution in [3.8, 4) is 0 Å². The van der Waals surface area contributed by atoms with Gasteiger partial charge in [0, 0.05) is 25.6 Å². The van der Waals surface area contributed by atoms with Gasteiger partial charge in [0.1, 0.15) is 6.73 Å². The summed E-state index contributed by atoms with van der Waals surface area (Å²) in [7, 11) is 0. The average Bonchev–Trinajstić information content (AvgIpc) is 2.90. The molecule has 0 aliphatic carbocycles. The van der Waals surface area contributed by atoms with Crippen LogP contribution in [0.3, 0.4) is 0 Å². The van der Waals surface area contributed by atoms with E-state index in [1.165, 1.54) is 0 Å². The molecule has 2 saturated heterocycles. The van der Waals surface area contributed by atoms with Crippen LogP contribution in [-0.2, 0) is 14.3 Å². The number of hydrogen-bond donors (Lipinski definition) is 0.